The zero-order valence-corrected chi connectivity index (χ0v) is 19.4. The lowest BCUT2D eigenvalue weighted by Gasteiger charge is -2.13. The molecule has 2 aromatic carbocycles. The normalized spacial score (nSPS) is 11.0. The molecule has 0 atom stereocenters. The Labute approximate surface area is 192 Å². The van der Waals surface area contributed by atoms with Gasteiger partial charge in [0.25, 0.3) is 5.56 Å². The van der Waals surface area contributed by atoms with E-state index in [2.05, 4.69) is 17.3 Å². The van der Waals surface area contributed by atoms with Crippen LogP contribution in [0.4, 0.5) is 5.69 Å². The minimum atomic E-state index is -0.192. The predicted octanol–water partition coefficient (Wildman–Crippen LogP) is 4.15. The van der Waals surface area contributed by atoms with Crippen LogP contribution in [0.3, 0.4) is 0 Å². The van der Waals surface area contributed by atoms with Crippen LogP contribution in [-0.4, -0.2) is 27.2 Å². The molecule has 0 fully saturated rings. The quantitative estimate of drug-likeness (QED) is 0.465. The van der Waals surface area contributed by atoms with E-state index in [1.807, 2.05) is 73.1 Å². The van der Waals surface area contributed by atoms with E-state index in [1.54, 1.807) is 7.11 Å². The minimum absolute atomic E-state index is 0.114. The molecule has 7 nitrogen and oxygen atoms in total. The van der Waals surface area contributed by atoms with Gasteiger partial charge in [0, 0.05) is 42.0 Å². The van der Waals surface area contributed by atoms with Crippen molar-refractivity contribution < 1.29 is 9.53 Å². The summed E-state index contributed by atoms with van der Waals surface area (Å²) in [6.07, 6.45) is 1.39. The Kier molecular flexibility index (Phi) is 6.31. The molecule has 0 radical (unpaired) electrons. The fraction of sp³-hybridized carbons (Fsp3) is 0.269. The monoisotopic (exact) mass is 444 g/mol. The van der Waals surface area contributed by atoms with Crippen molar-refractivity contribution in [2.45, 2.75) is 33.1 Å². The maximum atomic E-state index is 13.3. The lowest BCUT2D eigenvalue weighted by atomic mass is 10.1. The lowest BCUT2D eigenvalue weighted by Crippen LogP contribution is -2.26. The van der Waals surface area contributed by atoms with Gasteiger partial charge in [-0.2, -0.15) is 9.61 Å². The van der Waals surface area contributed by atoms with Crippen molar-refractivity contribution in [3.63, 3.8) is 0 Å². The van der Waals surface area contributed by atoms with Crippen molar-refractivity contribution in [2.75, 3.05) is 12.4 Å². The van der Waals surface area contributed by atoms with Gasteiger partial charge in [0.05, 0.1) is 12.8 Å². The molecule has 1 N–H and O–H groups in total. The van der Waals surface area contributed by atoms with Gasteiger partial charge in [-0.3, -0.25) is 9.59 Å². The van der Waals surface area contributed by atoms with E-state index >= 15 is 0 Å². The topological polar surface area (TPSA) is 77.6 Å². The molecule has 0 aliphatic carbocycles. The van der Waals surface area contributed by atoms with Gasteiger partial charge in [-0.25, -0.2) is 0 Å². The van der Waals surface area contributed by atoms with E-state index in [4.69, 9.17) is 4.74 Å². The molecule has 4 rings (SSSR count). The second-order valence-corrected chi connectivity index (χ2v) is 8.02. The number of rotatable bonds is 7. The maximum absolute atomic E-state index is 13.3. The van der Waals surface area contributed by atoms with E-state index in [-0.39, 0.29) is 17.9 Å². The first-order valence-corrected chi connectivity index (χ1v) is 11.0. The highest BCUT2D eigenvalue weighted by molar-refractivity contribution is 5.91. The van der Waals surface area contributed by atoms with Crippen LogP contribution in [0.5, 0.6) is 5.75 Å². The summed E-state index contributed by atoms with van der Waals surface area (Å²) in [6, 6.07) is 17.2. The Hall–Kier alpha value is -3.87. The zero-order chi connectivity index (χ0) is 23.5. The first-order valence-electron chi connectivity index (χ1n) is 11.0. The van der Waals surface area contributed by atoms with Gasteiger partial charge in [-0.15, -0.1) is 0 Å². The third kappa shape index (κ3) is 4.39. The zero-order valence-electron chi connectivity index (χ0n) is 19.4. The van der Waals surface area contributed by atoms with Crippen LogP contribution in [0.2, 0.25) is 0 Å². The molecule has 0 spiro atoms. The molecule has 0 unspecified atom stereocenters. The molecule has 1 amide bonds. The Balaban J connectivity index is 1.60. The van der Waals surface area contributed by atoms with Crippen LogP contribution in [0.15, 0.2) is 59.4 Å². The molecule has 2 aromatic heterocycles. The minimum Gasteiger partial charge on any atom is -0.497 e. The van der Waals surface area contributed by atoms with Crippen LogP contribution >= 0.6 is 0 Å². The molecular formula is C26H28N4O3. The van der Waals surface area contributed by atoms with E-state index in [0.717, 1.165) is 34.7 Å². The highest BCUT2D eigenvalue weighted by atomic mass is 16.5. The van der Waals surface area contributed by atoms with Crippen LogP contribution in [0.1, 0.15) is 30.2 Å². The van der Waals surface area contributed by atoms with E-state index in [9.17, 15) is 9.59 Å². The molecule has 0 saturated carbocycles. The van der Waals surface area contributed by atoms with Gasteiger partial charge in [-0.05, 0) is 55.7 Å². The smallest absolute Gasteiger partial charge is 0.277 e. The number of para-hydroxylation sites is 1. The van der Waals surface area contributed by atoms with Crippen molar-refractivity contribution in [3.8, 4) is 17.0 Å². The number of aromatic nitrogens is 3. The fourth-order valence-electron chi connectivity index (χ4n) is 4.01. The first kappa shape index (κ1) is 22.3. The number of fused-ring (bicyclic) bond motifs is 1. The summed E-state index contributed by atoms with van der Waals surface area (Å²) in [5, 5.41) is 7.54. The number of carbonyl (C=O) groups excluding carboxylic acids is 1. The summed E-state index contributed by atoms with van der Waals surface area (Å²) < 4.78 is 8.59. The Morgan fingerprint density at radius 2 is 1.85 bits per heavy atom. The largest absolute Gasteiger partial charge is 0.497 e. The van der Waals surface area contributed by atoms with E-state index in [1.165, 1.54) is 4.52 Å². The lowest BCUT2D eigenvalue weighted by molar-refractivity contribution is -0.116. The Morgan fingerprint density at radius 3 is 2.55 bits per heavy atom. The average Bonchev–Trinajstić information content (AvgIpc) is 3.29. The summed E-state index contributed by atoms with van der Waals surface area (Å²) >= 11 is 0. The molecule has 2 heterocycles. The summed E-state index contributed by atoms with van der Waals surface area (Å²) in [6.45, 7) is 3.96. The van der Waals surface area contributed by atoms with Gasteiger partial charge in [0.15, 0.2) is 0 Å². The van der Waals surface area contributed by atoms with Crippen LogP contribution in [0, 0.1) is 6.92 Å². The number of hydrogen-bond acceptors (Lipinski definition) is 4. The van der Waals surface area contributed by atoms with Crippen molar-refractivity contribution in [1.82, 2.24) is 14.2 Å². The van der Waals surface area contributed by atoms with Crippen LogP contribution in [0.25, 0.3) is 16.9 Å². The molecule has 4 aromatic rings. The SMILES string of the molecule is CCc1ccccc1NC(=O)CCc1c(C)n(C)c2cc(-c3ccc(OC)cc3)nn2c1=O. The van der Waals surface area contributed by atoms with Gasteiger partial charge >= 0.3 is 0 Å². The summed E-state index contributed by atoms with van der Waals surface area (Å²) in [4.78, 5) is 25.9. The molecule has 170 valence electrons. The number of nitrogens with zero attached hydrogens (tertiary/aromatic N) is 3. The van der Waals surface area contributed by atoms with Crippen molar-refractivity contribution in [1.29, 1.82) is 0 Å². The average molecular weight is 445 g/mol. The fourth-order valence-corrected chi connectivity index (χ4v) is 4.01. The maximum Gasteiger partial charge on any atom is 0.277 e. The molecule has 0 aliphatic rings. The Morgan fingerprint density at radius 1 is 1.12 bits per heavy atom. The molecule has 0 aliphatic heterocycles. The summed E-state index contributed by atoms with van der Waals surface area (Å²) in [5.74, 6) is 0.646. The first-order chi connectivity index (χ1) is 15.9. The number of nitrogens with one attached hydrogen (secondary N) is 1. The van der Waals surface area contributed by atoms with Gasteiger partial charge in [0.1, 0.15) is 11.4 Å². The molecule has 0 bridgehead atoms. The number of aryl methyl sites for hydroxylation is 2. The van der Waals surface area contributed by atoms with Gasteiger partial charge in [-0.1, -0.05) is 25.1 Å². The Bertz CT molecular complexity index is 1370. The van der Waals surface area contributed by atoms with Crippen LogP contribution < -0.4 is 15.6 Å². The highest BCUT2D eigenvalue weighted by Crippen LogP contribution is 2.23. The van der Waals surface area contributed by atoms with E-state index < -0.39 is 0 Å². The number of anilines is 1. The number of carbonyl (C=O) groups is 1. The standard InChI is InChI=1S/C26H28N4O3/c1-5-18-8-6-7-9-22(18)27-24(31)15-14-21-17(2)29(3)25-16-23(28-30(25)26(21)32)19-10-12-20(33-4)13-11-19/h6-13,16H,5,14-15H2,1-4H3,(H,27,31). The molecule has 7 heteroatoms. The number of methoxy groups -OCH3 is 1. The third-order valence-electron chi connectivity index (χ3n) is 6.08. The highest BCUT2D eigenvalue weighted by Gasteiger charge is 2.17. The van der Waals surface area contributed by atoms with Crippen molar-refractivity contribution >= 4 is 17.2 Å². The van der Waals surface area contributed by atoms with E-state index in [0.29, 0.717) is 23.3 Å². The number of benzene rings is 2. The van der Waals surface area contributed by atoms with Gasteiger partial charge in [0.2, 0.25) is 5.91 Å². The summed E-state index contributed by atoms with van der Waals surface area (Å²) in [5.41, 5.74) is 5.44. The van der Waals surface area contributed by atoms with Crippen molar-refractivity contribution in [2.24, 2.45) is 7.05 Å². The van der Waals surface area contributed by atoms with Gasteiger partial charge < -0.3 is 14.6 Å². The second kappa shape index (κ2) is 9.32. The van der Waals surface area contributed by atoms with Crippen molar-refractivity contribution in [3.05, 3.63) is 81.8 Å². The number of amides is 1. The molecule has 33 heavy (non-hydrogen) atoms. The predicted molar refractivity (Wildman–Crippen MR) is 130 cm³/mol. The second-order valence-electron chi connectivity index (χ2n) is 8.02. The number of hydrogen-bond donors (Lipinski definition) is 1. The molecule has 0 saturated heterocycles. The molecular weight excluding hydrogens is 416 g/mol. The number of ether oxygens (including phenoxy) is 1. The summed E-state index contributed by atoms with van der Waals surface area (Å²) in [7, 11) is 3.53. The van der Waals surface area contributed by atoms with Crippen LogP contribution in [-0.2, 0) is 24.7 Å². The third-order valence-corrected chi connectivity index (χ3v) is 6.08.